The standard InChI is InChI=1S/C18H15N5O3S/c1-11-3-4-14(24-2)13(9-11)16-20-15(26-23-16)10-27-18-22-21-17(25-18)12-5-7-19-8-6-12/h3-9H,10H2,1-2H3. The van der Waals surface area contributed by atoms with Gasteiger partial charge in [-0.2, -0.15) is 4.98 Å². The lowest BCUT2D eigenvalue weighted by atomic mass is 10.1. The summed E-state index contributed by atoms with van der Waals surface area (Å²) in [5.41, 5.74) is 2.69. The van der Waals surface area contributed by atoms with Crippen LogP contribution in [-0.2, 0) is 5.75 Å². The van der Waals surface area contributed by atoms with Gasteiger partial charge in [-0.05, 0) is 31.2 Å². The van der Waals surface area contributed by atoms with E-state index >= 15 is 0 Å². The maximum atomic E-state index is 5.64. The van der Waals surface area contributed by atoms with Crippen LogP contribution in [0.2, 0.25) is 0 Å². The molecule has 0 aliphatic heterocycles. The molecule has 136 valence electrons. The van der Waals surface area contributed by atoms with Crippen LogP contribution in [0.15, 0.2) is 56.9 Å². The number of aromatic nitrogens is 5. The van der Waals surface area contributed by atoms with Crippen molar-refractivity contribution in [2.75, 3.05) is 7.11 Å². The number of benzene rings is 1. The predicted molar refractivity (Wildman–Crippen MR) is 98.1 cm³/mol. The molecular weight excluding hydrogens is 366 g/mol. The Morgan fingerprint density at radius 1 is 1.11 bits per heavy atom. The molecule has 3 aromatic heterocycles. The van der Waals surface area contributed by atoms with Crippen LogP contribution in [0, 0.1) is 6.92 Å². The van der Waals surface area contributed by atoms with Gasteiger partial charge in [0.2, 0.25) is 17.6 Å². The monoisotopic (exact) mass is 381 g/mol. The van der Waals surface area contributed by atoms with Crippen LogP contribution >= 0.6 is 11.8 Å². The van der Waals surface area contributed by atoms with Crippen molar-refractivity contribution in [1.82, 2.24) is 25.3 Å². The van der Waals surface area contributed by atoms with Gasteiger partial charge in [0.25, 0.3) is 5.22 Å². The van der Waals surface area contributed by atoms with E-state index in [0.717, 1.165) is 16.7 Å². The van der Waals surface area contributed by atoms with Gasteiger partial charge < -0.3 is 13.7 Å². The van der Waals surface area contributed by atoms with Crippen LogP contribution < -0.4 is 4.74 Å². The van der Waals surface area contributed by atoms with Crippen LogP contribution in [0.5, 0.6) is 5.75 Å². The topological polar surface area (TPSA) is 100.0 Å². The third kappa shape index (κ3) is 3.82. The molecule has 1 aromatic carbocycles. The van der Waals surface area contributed by atoms with E-state index in [1.54, 1.807) is 19.5 Å². The summed E-state index contributed by atoms with van der Waals surface area (Å²) in [7, 11) is 1.61. The molecule has 3 heterocycles. The predicted octanol–water partition coefficient (Wildman–Crippen LogP) is 3.79. The van der Waals surface area contributed by atoms with Crippen molar-refractivity contribution in [2.45, 2.75) is 17.9 Å². The maximum absolute atomic E-state index is 5.64. The zero-order valence-electron chi connectivity index (χ0n) is 14.6. The molecule has 0 amide bonds. The number of methoxy groups -OCH3 is 1. The quantitative estimate of drug-likeness (QED) is 0.462. The van der Waals surface area contributed by atoms with E-state index in [-0.39, 0.29) is 0 Å². The Morgan fingerprint density at radius 3 is 2.78 bits per heavy atom. The maximum Gasteiger partial charge on any atom is 0.277 e. The van der Waals surface area contributed by atoms with Gasteiger partial charge >= 0.3 is 0 Å². The minimum absolute atomic E-state index is 0.416. The Balaban J connectivity index is 1.46. The van der Waals surface area contributed by atoms with E-state index in [0.29, 0.717) is 34.3 Å². The first-order chi connectivity index (χ1) is 13.2. The van der Waals surface area contributed by atoms with Crippen molar-refractivity contribution >= 4 is 11.8 Å². The summed E-state index contributed by atoms with van der Waals surface area (Å²) in [6, 6.07) is 9.42. The summed E-state index contributed by atoms with van der Waals surface area (Å²) < 4.78 is 16.3. The Kier molecular flexibility index (Phi) is 4.84. The first-order valence-corrected chi connectivity index (χ1v) is 9.06. The van der Waals surface area contributed by atoms with Crippen LogP contribution in [0.25, 0.3) is 22.8 Å². The first-order valence-electron chi connectivity index (χ1n) is 8.07. The Hall–Kier alpha value is -3.20. The van der Waals surface area contributed by atoms with Crippen LogP contribution in [0.4, 0.5) is 0 Å². The third-order valence-electron chi connectivity index (χ3n) is 3.72. The molecule has 0 atom stereocenters. The fourth-order valence-corrected chi connectivity index (χ4v) is 3.02. The molecule has 0 radical (unpaired) electrons. The largest absolute Gasteiger partial charge is 0.496 e. The Morgan fingerprint density at radius 2 is 1.96 bits per heavy atom. The summed E-state index contributed by atoms with van der Waals surface area (Å²) in [6.45, 7) is 2.00. The van der Waals surface area contributed by atoms with Crippen LogP contribution in [-0.4, -0.2) is 32.4 Å². The molecule has 0 saturated carbocycles. The van der Waals surface area contributed by atoms with Gasteiger partial charge in [0.15, 0.2) is 0 Å². The second-order valence-corrected chi connectivity index (χ2v) is 6.54. The van der Waals surface area contributed by atoms with E-state index in [1.165, 1.54) is 11.8 Å². The van der Waals surface area contributed by atoms with Gasteiger partial charge in [-0.25, -0.2) is 0 Å². The minimum Gasteiger partial charge on any atom is -0.496 e. The number of hydrogen-bond donors (Lipinski definition) is 0. The summed E-state index contributed by atoms with van der Waals surface area (Å²) in [6.07, 6.45) is 3.35. The van der Waals surface area contributed by atoms with E-state index in [9.17, 15) is 0 Å². The average molecular weight is 381 g/mol. The molecule has 0 saturated heterocycles. The molecular formula is C18H15N5O3S. The molecule has 8 nitrogen and oxygen atoms in total. The second-order valence-electron chi connectivity index (χ2n) is 5.61. The van der Waals surface area contributed by atoms with E-state index in [4.69, 9.17) is 13.7 Å². The van der Waals surface area contributed by atoms with Crippen molar-refractivity contribution in [3.63, 3.8) is 0 Å². The van der Waals surface area contributed by atoms with Gasteiger partial charge in [0.05, 0.1) is 18.4 Å². The molecule has 0 N–H and O–H groups in total. The summed E-state index contributed by atoms with van der Waals surface area (Å²) in [4.78, 5) is 8.40. The van der Waals surface area contributed by atoms with E-state index < -0.39 is 0 Å². The van der Waals surface area contributed by atoms with Gasteiger partial charge in [0, 0.05) is 18.0 Å². The zero-order chi connectivity index (χ0) is 18.6. The minimum atomic E-state index is 0.416. The van der Waals surface area contributed by atoms with E-state index in [1.807, 2.05) is 37.3 Å². The molecule has 0 spiro atoms. The Labute approximate surface area is 159 Å². The number of pyridine rings is 1. The lowest BCUT2D eigenvalue weighted by molar-refractivity contribution is 0.389. The average Bonchev–Trinajstić information content (AvgIpc) is 3.37. The van der Waals surface area contributed by atoms with Crippen LogP contribution in [0.1, 0.15) is 11.5 Å². The number of rotatable bonds is 6. The number of ether oxygens (including phenoxy) is 1. The van der Waals surface area contributed by atoms with Gasteiger partial charge in [0.1, 0.15) is 5.75 Å². The lowest BCUT2D eigenvalue weighted by Crippen LogP contribution is -1.90. The lowest BCUT2D eigenvalue weighted by Gasteiger charge is -2.05. The molecule has 0 bridgehead atoms. The molecule has 0 aliphatic rings. The molecule has 0 aliphatic carbocycles. The fourth-order valence-electron chi connectivity index (χ4n) is 2.42. The number of hydrogen-bond acceptors (Lipinski definition) is 9. The van der Waals surface area contributed by atoms with Gasteiger partial charge in [-0.3, -0.25) is 4.98 Å². The summed E-state index contributed by atoms with van der Waals surface area (Å²) in [5, 5.41) is 12.5. The number of nitrogens with zero attached hydrogens (tertiary/aromatic N) is 5. The molecule has 9 heteroatoms. The molecule has 0 unspecified atom stereocenters. The second kappa shape index (κ2) is 7.58. The van der Waals surface area contributed by atoms with E-state index in [2.05, 4.69) is 25.3 Å². The smallest absolute Gasteiger partial charge is 0.277 e. The molecule has 0 fully saturated rings. The van der Waals surface area contributed by atoms with Crippen molar-refractivity contribution in [2.24, 2.45) is 0 Å². The summed E-state index contributed by atoms with van der Waals surface area (Å²) in [5.74, 6) is 2.49. The fraction of sp³-hybridized carbons (Fsp3) is 0.167. The highest BCUT2D eigenvalue weighted by atomic mass is 32.2. The zero-order valence-corrected chi connectivity index (χ0v) is 15.4. The van der Waals surface area contributed by atoms with Crippen molar-refractivity contribution in [1.29, 1.82) is 0 Å². The Bertz CT molecular complexity index is 1050. The SMILES string of the molecule is COc1ccc(C)cc1-c1noc(CSc2nnc(-c3ccncc3)o2)n1. The number of aryl methyl sites for hydroxylation is 1. The van der Waals surface area contributed by atoms with Crippen molar-refractivity contribution in [3.05, 3.63) is 54.2 Å². The third-order valence-corrected chi connectivity index (χ3v) is 4.52. The molecule has 4 rings (SSSR count). The van der Waals surface area contributed by atoms with Crippen LogP contribution in [0.3, 0.4) is 0 Å². The number of thioether (sulfide) groups is 1. The molecule has 27 heavy (non-hydrogen) atoms. The van der Waals surface area contributed by atoms with Gasteiger partial charge in [-0.1, -0.05) is 28.5 Å². The highest BCUT2D eigenvalue weighted by Crippen LogP contribution is 2.30. The van der Waals surface area contributed by atoms with Crippen molar-refractivity contribution < 1.29 is 13.7 Å². The highest BCUT2D eigenvalue weighted by Gasteiger charge is 2.15. The van der Waals surface area contributed by atoms with Crippen molar-refractivity contribution in [3.8, 4) is 28.6 Å². The normalized spacial score (nSPS) is 10.9. The summed E-state index contributed by atoms with van der Waals surface area (Å²) >= 11 is 1.33. The molecule has 4 aromatic rings. The van der Waals surface area contributed by atoms with Gasteiger partial charge in [-0.15, -0.1) is 10.2 Å². The highest BCUT2D eigenvalue weighted by molar-refractivity contribution is 7.98. The first kappa shape index (κ1) is 17.2.